The topological polar surface area (TPSA) is 38.7 Å². The maximum absolute atomic E-state index is 9.14. The van der Waals surface area contributed by atoms with E-state index >= 15 is 0 Å². The van der Waals surface area contributed by atoms with Crippen LogP contribution in [0.25, 0.3) is 0 Å². The van der Waals surface area contributed by atoms with E-state index in [4.69, 9.17) is 37.8 Å². The Morgan fingerprint density at radius 2 is 1.90 bits per heavy atom. The highest BCUT2D eigenvalue weighted by Crippen LogP contribution is 2.37. The van der Waals surface area contributed by atoms with Gasteiger partial charge < -0.3 is 14.6 Å². The quantitative estimate of drug-likeness (QED) is 0.904. The van der Waals surface area contributed by atoms with E-state index in [2.05, 4.69) is 0 Å². The maximum Gasteiger partial charge on any atom is 0.180 e. The largest absolute Gasteiger partial charge is 0.493 e. The highest BCUT2D eigenvalue weighted by molar-refractivity contribution is 6.32. The fourth-order valence-electron chi connectivity index (χ4n) is 1.79. The second-order valence-electron chi connectivity index (χ2n) is 4.19. The number of hydrogen-bond donors (Lipinski definition) is 1. The van der Waals surface area contributed by atoms with Crippen molar-refractivity contribution >= 4 is 23.2 Å². The fraction of sp³-hybridized carbons (Fsp3) is 0.200. The zero-order valence-electron chi connectivity index (χ0n) is 10.9. The monoisotopic (exact) mass is 312 g/mol. The molecule has 0 amide bonds. The summed E-state index contributed by atoms with van der Waals surface area (Å²) in [7, 11) is 1.53. The van der Waals surface area contributed by atoms with Crippen molar-refractivity contribution in [1.29, 1.82) is 0 Å². The standard InChI is InChI=1S/C15H14Cl2O3/c1-19-14-7-11(8-18)6-13(17)15(14)20-9-10-3-2-4-12(16)5-10/h2-7,18H,8-9H2,1H3. The first kappa shape index (κ1) is 15.0. The molecular weight excluding hydrogens is 299 g/mol. The van der Waals surface area contributed by atoms with Crippen LogP contribution in [0.1, 0.15) is 11.1 Å². The van der Waals surface area contributed by atoms with Gasteiger partial charge in [0.1, 0.15) is 6.61 Å². The molecule has 106 valence electrons. The van der Waals surface area contributed by atoms with Crippen LogP contribution in [0.15, 0.2) is 36.4 Å². The first-order valence-electron chi connectivity index (χ1n) is 5.98. The smallest absolute Gasteiger partial charge is 0.180 e. The predicted octanol–water partition coefficient (Wildman–Crippen LogP) is 4.07. The van der Waals surface area contributed by atoms with E-state index in [0.717, 1.165) is 5.56 Å². The van der Waals surface area contributed by atoms with Crippen molar-refractivity contribution in [1.82, 2.24) is 0 Å². The molecule has 0 spiro atoms. The van der Waals surface area contributed by atoms with Gasteiger partial charge in [-0.2, -0.15) is 0 Å². The molecule has 0 aromatic heterocycles. The molecule has 2 aromatic carbocycles. The van der Waals surface area contributed by atoms with Crippen molar-refractivity contribution in [2.24, 2.45) is 0 Å². The van der Waals surface area contributed by atoms with E-state index in [1.54, 1.807) is 18.2 Å². The predicted molar refractivity (Wildman–Crippen MR) is 79.7 cm³/mol. The molecule has 2 rings (SSSR count). The van der Waals surface area contributed by atoms with Gasteiger partial charge in [-0.05, 0) is 35.4 Å². The van der Waals surface area contributed by atoms with Crippen LogP contribution < -0.4 is 9.47 Å². The van der Waals surface area contributed by atoms with Gasteiger partial charge in [0.25, 0.3) is 0 Å². The third-order valence-electron chi connectivity index (χ3n) is 2.74. The summed E-state index contributed by atoms with van der Waals surface area (Å²) < 4.78 is 10.9. The van der Waals surface area contributed by atoms with Crippen LogP contribution in [-0.2, 0) is 13.2 Å². The summed E-state index contributed by atoms with van der Waals surface area (Å²) in [6.07, 6.45) is 0. The molecule has 0 fully saturated rings. The van der Waals surface area contributed by atoms with Crippen LogP contribution in [0.4, 0.5) is 0 Å². The number of aliphatic hydroxyl groups excluding tert-OH is 1. The van der Waals surface area contributed by atoms with E-state index in [9.17, 15) is 0 Å². The average Bonchev–Trinajstić information content (AvgIpc) is 2.45. The van der Waals surface area contributed by atoms with Crippen molar-refractivity contribution in [2.75, 3.05) is 7.11 Å². The Morgan fingerprint density at radius 3 is 2.55 bits per heavy atom. The minimum atomic E-state index is -0.106. The SMILES string of the molecule is COc1cc(CO)cc(Cl)c1OCc1cccc(Cl)c1. The Bertz CT molecular complexity index is 600. The van der Waals surface area contributed by atoms with Crippen molar-refractivity contribution in [2.45, 2.75) is 13.2 Å². The Morgan fingerprint density at radius 1 is 1.10 bits per heavy atom. The van der Waals surface area contributed by atoms with Gasteiger partial charge in [0, 0.05) is 5.02 Å². The summed E-state index contributed by atoms with van der Waals surface area (Å²) >= 11 is 12.1. The number of benzene rings is 2. The summed E-state index contributed by atoms with van der Waals surface area (Å²) in [5.74, 6) is 0.940. The van der Waals surface area contributed by atoms with Crippen molar-refractivity contribution in [3.63, 3.8) is 0 Å². The molecule has 0 aliphatic heterocycles. The van der Waals surface area contributed by atoms with Crippen molar-refractivity contribution in [3.05, 3.63) is 57.6 Å². The Labute approximate surface area is 127 Å². The molecule has 0 aliphatic rings. The van der Waals surface area contributed by atoms with Gasteiger partial charge in [0.15, 0.2) is 11.5 Å². The van der Waals surface area contributed by atoms with E-state index in [1.807, 2.05) is 18.2 Å². The maximum atomic E-state index is 9.14. The lowest BCUT2D eigenvalue weighted by Crippen LogP contribution is -1.99. The highest BCUT2D eigenvalue weighted by Gasteiger charge is 2.12. The van der Waals surface area contributed by atoms with Gasteiger partial charge in [-0.1, -0.05) is 35.3 Å². The fourth-order valence-corrected chi connectivity index (χ4v) is 2.29. The van der Waals surface area contributed by atoms with Crippen molar-refractivity contribution < 1.29 is 14.6 Å². The van der Waals surface area contributed by atoms with Crippen molar-refractivity contribution in [3.8, 4) is 11.5 Å². The number of methoxy groups -OCH3 is 1. The number of ether oxygens (including phenoxy) is 2. The molecule has 20 heavy (non-hydrogen) atoms. The summed E-state index contributed by atoms with van der Waals surface area (Å²) in [6.45, 7) is 0.222. The molecular formula is C15H14Cl2O3. The van der Waals surface area contributed by atoms with E-state index in [1.165, 1.54) is 7.11 Å². The number of halogens is 2. The number of hydrogen-bond acceptors (Lipinski definition) is 3. The summed E-state index contributed by atoms with van der Waals surface area (Å²) in [5, 5.41) is 10.2. The molecule has 0 unspecified atom stereocenters. The molecule has 0 aliphatic carbocycles. The van der Waals surface area contributed by atoms with Crippen LogP contribution in [-0.4, -0.2) is 12.2 Å². The molecule has 0 atom stereocenters. The molecule has 0 saturated carbocycles. The van der Waals surface area contributed by atoms with Crippen LogP contribution in [0.2, 0.25) is 10.0 Å². The first-order valence-corrected chi connectivity index (χ1v) is 6.74. The average molecular weight is 313 g/mol. The van der Waals surface area contributed by atoms with Gasteiger partial charge >= 0.3 is 0 Å². The lowest BCUT2D eigenvalue weighted by Gasteiger charge is -2.13. The molecule has 2 aromatic rings. The zero-order chi connectivity index (χ0) is 14.5. The minimum Gasteiger partial charge on any atom is -0.493 e. The second-order valence-corrected chi connectivity index (χ2v) is 5.03. The van der Waals surface area contributed by atoms with Crippen LogP contribution in [0.5, 0.6) is 11.5 Å². The number of rotatable bonds is 5. The molecule has 0 saturated heterocycles. The zero-order valence-corrected chi connectivity index (χ0v) is 12.4. The Hall–Kier alpha value is -1.42. The van der Waals surface area contributed by atoms with Gasteiger partial charge in [-0.3, -0.25) is 0 Å². The third-order valence-corrected chi connectivity index (χ3v) is 3.26. The van der Waals surface area contributed by atoms with Crippen LogP contribution in [0.3, 0.4) is 0 Å². The summed E-state index contributed by atoms with van der Waals surface area (Å²) in [5.41, 5.74) is 1.60. The molecule has 0 heterocycles. The normalized spacial score (nSPS) is 10.4. The molecule has 0 radical (unpaired) electrons. The highest BCUT2D eigenvalue weighted by atomic mass is 35.5. The van der Waals surface area contributed by atoms with Gasteiger partial charge in [-0.25, -0.2) is 0 Å². The van der Waals surface area contributed by atoms with Gasteiger partial charge in [-0.15, -0.1) is 0 Å². The van der Waals surface area contributed by atoms with E-state index in [0.29, 0.717) is 33.7 Å². The lowest BCUT2D eigenvalue weighted by molar-refractivity contribution is 0.274. The second kappa shape index (κ2) is 6.84. The summed E-state index contributed by atoms with van der Waals surface area (Å²) in [6, 6.07) is 10.7. The molecule has 5 heteroatoms. The Balaban J connectivity index is 2.20. The first-order chi connectivity index (χ1) is 9.63. The molecule has 1 N–H and O–H groups in total. The molecule has 3 nitrogen and oxygen atoms in total. The van der Waals surface area contributed by atoms with Crippen LogP contribution in [0, 0.1) is 0 Å². The van der Waals surface area contributed by atoms with Gasteiger partial charge in [0.2, 0.25) is 0 Å². The Kier molecular flexibility index (Phi) is 5.12. The van der Waals surface area contributed by atoms with Crippen LogP contribution >= 0.6 is 23.2 Å². The van der Waals surface area contributed by atoms with Gasteiger partial charge in [0.05, 0.1) is 18.7 Å². The third kappa shape index (κ3) is 3.57. The summed E-state index contributed by atoms with van der Waals surface area (Å²) in [4.78, 5) is 0. The lowest BCUT2D eigenvalue weighted by atomic mass is 10.2. The minimum absolute atomic E-state index is 0.106. The van der Waals surface area contributed by atoms with E-state index < -0.39 is 0 Å². The number of aliphatic hydroxyl groups is 1. The van der Waals surface area contributed by atoms with E-state index in [-0.39, 0.29) is 6.61 Å². The molecule has 0 bridgehead atoms.